The number of esters is 1. The van der Waals surface area contributed by atoms with Crippen LogP contribution in [0.1, 0.15) is 52.0 Å². The van der Waals surface area contributed by atoms with Crippen molar-refractivity contribution in [1.29, 1.82) is 0 Å². The first kappa shape index (κ1) is 17.8. The van der Waals surface area contributed by atoms with Gasteiger partial charge >= 0.3 is 5.97 Å². The number of hydrogen-bond donors (Lipinski definition) is 1. The third-order valence-electron chi connectivity index (χ3n) is 4.62. The monoisotopic (exact) mass is 396 g/mol. The van der Waals surface area contributed by atoms with E-state index in [0.29, 0.717) is 12.1 Å². The second-order valence-corrected chi connectivity index (χ2v) is 8.51. The summed E-state index contributed by atoms with van der Waals surface area (Å²) in [5, 5.41) is 3.63. The number of carbonyl (C=O) groups excluding carboxylic acids is 1. The Morgan fingerprint density at radius 2 is 2.04 bits per heavy atom. The molecular formula is C18H25BrN2O3. The second-order valence-electron chi connectivity index (χ2n) is 7.76. The van der Waals surface area contributed by atoms with Crippen LogP contribution in [0, 0.1) is 0 Å². The molecule has 1 aromatic rings. The summed E-state index contributed by atoms with van der Waals surface area (Å²) in [6.07, 6.45) is 5.75. The number of nitrogens with one attached hydrogen (secondary N) is 1. The molecule has 2 unspecified atom stereocenters. The van der Waals surface area contributed by atoms with Gasteiger partial charge in [-0.2, -0.15) is 0 Å². The minimum absolute atomic E-state index is 0.0436. The summed E-state index contributed by atoms with van der Waals surface area (Å²) >= 11 is 3.56. The third kappa shape index (κ3) is 3.98. The Morgan fingerprint density at radius 1 is 1.38 bits per heavy atom. The van der Waals surface area contributed by atoms with E-state index in [4.69, 9.17) is 9.47 Å². The van der Waals surface area contributed by atoms with Gasteiger partial charge < -0.3 is 14.8 Å². The van der Waals surface area contributed by atoms with Gasteiger partial charge in [-0.25, -0.2) is 9.78 Å². The fourth-order valence-corrected chi connectivity index (χ4v) is 4.42. The molecule has 24 heavy (non-hydrogen) atoms. The Kier molecular flexibility index (Phi) is 5.00. The van der Waals surface area contributed by atoms with Crippen molar-refractivity contribution in [2.75, 3.05) is 6.61 Å². The minimum atomic E-state index is -0.504. The molecule has 0 radical (unpaired) electrons. The van der Waals surface area contributed by atoms with Crippen LogP contribution in [0.2, 0.25) is 0 Å². The van der Waals surface area contributed by atoms with E-state index in [1.807, 2.05) is 32.9 Å². The normalized spacial score (nSPS) is 29.5. The predicted octanol–water partition coefficient (Wildman–Crippen LogP) is 3.31. The largest absolute Gasteiger partial charge is 0.458 e. The van der Waals surface area contributed by atoms with E-state index < -0.39 is 11.2 Å². The van der Waals surface area contributed by atoms with Crippen LogP contribution in [0.3, 0.4) is 0 Å². The zero-order valence-electron chi connectivity index (χ0n) is 14.5. The van der Waals surface area contributed by atoms with Gasteiger partial charge in [-0.3, -0.25) is 0 Å². The van der Waals surface area contributed by atoms with E-state index in [1.54, 1.807) is 6.20 Å². The first-order valence-corrected chi connectivity index (χ1v) is 9.30. The molecule has 2 saturated heterocycles. The summed E-state index contributed by atoms with van der Waals surface area (Å²) in [6, 6.07) is 4.81. The molecule has 3 heterocycles. The van der Waals surface area contributed by atoms with Crippen molar-refractivity contribution < 1.29 is 14.3 Å². The van der Waals surface area contributed by atoms with Gasteiger partial charge in [0, 0.05) is 23.8 Å². The number of hydrogen-bond acceptors (Lipinski definition) is 5. The van der Waals surface area contributed by atoms with Crippen LogP contribution in [0.4, 0.5) is 0 Å². The molecule has 0 amide bonds. The van der Waals surface area contributed by atoms with Gasteiger partial charge in [-0.1, -0.05) is 6.07 Å². The smallest absolute Gasteiger partial charge is 0.332 e. The number of pyridine rings is 1. The average molecular weight is 397 g/mol. The molecule has 0 saturated carbocycles. The van der Waals surface area contributed by atoms with E-state index in [-0.39, 0.29) is 12.6 Å². The molecule has 2 aliphatic heterocycles. The lowest BCUT2D eigenvalue weighted by Crippen LogP contribution is -2.49. The molecule has 2 atom stereocenters. The molecule has 5 nitrogen and oxygen atoms in total. The molecule has 1 N–H and O–H groups in total. The highest BCUT2D eigenvalue weighted by Crippen LogP contribution is 2.45. The topological polar surface area (TPSA) is 60.5 Å². The summed E-state index contributed by atoms with van der Waals surface area (Å²) < 4.78 is 12.4. The fourth-order valence-electron chi connectivity index (χ4n) is 3.81. The van der Waals surface area contributed by atoms with Crippen LogP contribution in [0.25, 0.3) is 0 Å². The predicted molar refractivity (Wildman–Crippen MR) is 94.6 cm³/mol. The van der Waals surface area contributed by atoms with E-state index in [9.17, 15) is 4.79 Å². The summed E-state index contributed by atoms with van der Waals surface area (Å²) in [5.41, 5.74) is 0.0171. The number of rotatable bonds is 4. The summed E-state index contributed by atoms with van der Waals surface area (Å²) in [6.45, 7) is 5.55. The van der Waals surface area contributed by atoms with Crippen molar-refractivity contribution in [3.05, 3.63) is 28.5 Å². The molecule has 0 aliphatic carbocycles. The van der Waals surface area contributed by atoms with E-state index in [0.717, 1.165) is 35.8 Å². The van der Waals surface area contributed by atoms with Crippen molar-refractivity contribution in [2.45, 2.75) is 69.7 Å². The quantitative estimate of drug-likeness (QED) is 0.624. The van der Waals surface area contributed by atoms with Crippen LogP contribution in [-0.2, 0) is 19.9 Å². The zero-order valence-corrected chi connectivity index (χ0v) is 16.1. The summed E-state index contributed by atoms with van der Waals surface area (Å²) in [5.74, 6) is -0.326. The van der Waals surface area contributed by atoms with Gasteiger partial charge in [0.15, 0.2) is 0 Å². The van der Waals surface area contributed by atoms with Gasteiger partial charge in [0.2, 0.25) is 0 Å². The molecule has 3 rings (SSSR count). The molecule has 2 fully saturated rings. The van der Waals surface area contributed by atoms with Gasteiger partial charge in [-0.05, 0) is 68.5 Å². The maximum Gasteiger partial charge on any atom is 0.332 e. The van der Waals surface area contributed by atoms with Crippen molar-refractivity contribution in [2.24, 2.45) is 0 Å². The summed E-state index contributed by atoms with van der Waals surface area (Å²) in [4.78, 5) is 16.5. The number of piperidine rings is 1. The highest BCUT2D eigenvalue weighted by atomic mass is 79.9. The molecule has 132 valence electrons. The Morgan fingerprint density at radius 3 is 2.62 bits per heavy atom. The first-order chi connectivity index (χ1) is 11.3. The lowest BCUT2D eigenvalue weighted by atomic mass is 9.82. The van der Waals surface area contributed by atoms with Crippen LogP contribution >= 0.6 is 15.9 Å². The number of aromatic nitrogens is 1. The molecule has 1 aromatic heterocycles. The van der Waals surface area contributed by atoms with Crippen LogP contribution < -0.4 is 5.32 Å². The lowest BCUT2D eigenvalue weighted by molar-refractivity contribution is -0.171. The van der Waals surface area contributed by atoms with Crippen molar-refractivity contribution in [3.8, 4) is 0 Å². The lowest BCUT2D eigenvalue weighted by Gasteiger charge is -2.41. The average Bonchev–Trinajstić information content (AvgIpc) is 2.83. The highest BCUT2D eigenvalue weighted by molar-refractivity contribution is 9.10. The van der Waals surface area contributed by atoms with Crippen molar-refractivity contribution in [3.63, 3.8) is 0 Å². The van der Waals surface area contributed by atoms with E-state index in [2.05, 4.69) is 26.2 Å². The van der Waals surface area contributed by atoms with Gasteiger partial charge in [0.25, 0.3) is 0 Å². The summed E-state index contributed by atoms with van der Waals surface area (Å²) in [7, 11) is 0. The minimum Gasteiger partial charge on any atom is -0.458 e. The maximum atomic E-state index is 12.1. The molecule has 6 heteroatoms. The number of carbonyl (C=O) groups is 1. The molecule has 2 bridgehead atoms. The molecule has 0 spiro atoms. The van der Waals surface area contributed by atoms with Crippen LogP contribution in [0.5, 0.6) is 0 Å². The van der Waals surface area contributed by atoms with E-state index in [1.165, 1.54) is 0 Å². The van der Waals surface area contributed by atoms with Crippen LogP contribution in [0.15, 0.2) is 22.9 Å². The Bertz CT molecular complexity index is 603. The van der Waals surface area contributed by atoms with Gasteiger partial charge in [-0.15, -0.1) is 0 Å². The zero-order chi connectivity index (χ0) is 17.4. The highest BCUT2D eigenvalue weighted by Gasteiger charge is 2.47. The number of fused-ring (bicyclic) bond motifs is 2. The van der Waals surface area contributed by atoms with Crippen molar-refractivity contribution >= 4 is 21.9 Å². The fraction of sp³-hybridized carbons (Fsp3) is 0.667. The SMILES string of the molecule is CC(C)(C)OC(=O)COC1(c2cccnc2Br)CC2CCC(C1)N2. The Hall–Kier alpha value is -0.980. The van der Waals surface area contributed by atoms with Gasteiger partial charge in [0.05, 0.1) is 5.60 Å². The number of halogens is 1. The maximum absolute atomic E-state index is 12.1. The standard InChI is InChI=1S/C18H25BrN2O3/c1-17(2,3)24-15(22)11-23-18(14-5-4-8-20-16(14)19)9-12-6-7-13(10-18)21-12/h4-5,8,12-13,21H,6-7,9-11H2,1-3H3. The first-order valence-electron chi connectivity index (χ1n) is 8.50. The number of nitrogens with zero attached hydrogens (tertiary/aromatic N) is 1. The Labute approximate surface area is 151 Å². The third-order valence-corrected chi connectivity index (χ3v) is 5.26. The molecular weight excluding hydrogens is 372 g/mol. The Balaban J connectivity index is 1.81. The van der Waals surface area contributed by atoms with Crippen molar-refractivity contribution in [1.82, 2.24) is 10.3 Å². The second kappa shape index (κ2) is 6.73. The molecule has 0 aromatic carbocycles. The number of ether oxygens (including phenoxy) is 2. The van der Waals surface area contributed by atoms with Crippen LogP contribution in [-0.4, -0.2) is 35.2 Å². The van der Waals surface area contributed by atoms with E-state index >= 15 is 0 Å². The molecule has 2 aliphatic rings. The van der Waals surface area contributed by atoms with Gasteiger partial charge in [0.1, 0.15) is 16.8 Å².